The second-order valence-corrected chi connectivity index (χ2v) is 4.54. The van der Waals surface area contributed by atoms with Crippen LogP contribution in [0, 0.1) is 0 Å². The second-order valence-electron chi connectivity index (χ2n) is 4.54. The molecule has 0 aliphatic rings. The number of benzene rings is 1. The summed E-state index contributed by atoms with van der Waals surface area (Å²) in [6.07, 6.45) is 1.66. The number of nitrogens with zero attached hydrogens (tertiary/aromatic N) is 1. The Morgan fingerprint density at radius 3 is 2.48 bits per heavy atom. The third-order valence-corrected chi connectivity index (χ3v) is 2.92. The molecule has 0 radical (unpaired) electrons. The molecular weight excluding hydrogens is 419 g/mol. The summed E-state index contributed by atoms with van der Waals surface area (Å²) in [5.74, 6) is 1.06. The van der Waals surface area contributed by atoms with Crippen molar-refractivity contribution in [2.45, 2.75) is 26.4 Å². The van der Waals surface area contributed by atoms with Crippen molar-refractivity contribution >= 4 is 29.9 Å². The lowest BCUT2D eigenvalue weighted by Crippen LogP contribution is -2.38. The van der Waals surface area contributed by atoms with Crippen molar-refractivity contribution in [2.24, 2.45) is 4.99 Å². The number of aliphatic imine (C=N–C) groups is 1. The molecule has 0 spiro atoms. The van der Waals surface area contributed by atoms with Crippen LogP contribution in [-0.2, 0) is 6.42 Å². The molecule has 8 heteroatoms. The van der Waals surface area contributed by atoms with E-state index in [0.717, 1.165) is 24.5 Å². The van der Waals surface area contributed by atoms with Gasteiger partial charge in [-0.3, -0.25) is 4.99 Å². The fourth-order valence-corrected chi connectivity index (χ4v) is 1.85. The molecule has 0 saturated heterocycles. The van der Waals surface area contributed by atoms with E-state index >= 15 is 0 Å². The number of guanidine groups is 1. The second kappa shape index (κ2) is 12.1. The molecule has 1 aromatic rings. The van der Waals surface area contributed by atoms with Crippen LogP contribution in [0.2, 0.25) is 0 Å². The van der Waals surface area contributed by atoms with Crippen LogP contribution in [0.3, 0.4) is 0 Å². The molecule has 5 nitrogen and oxygen atoms in total. The fraction of sp³-hybridized carbons (Fsp3) is 0.533. The van der Waals surface area contributed by atoms with E-state index in [4.69, 9.17) is 4.74 Å². The van der Waals surface area contributed by atoms with Crippen molar-refractivity contribution in [3.8, 4) is 11.5 Å². The molecule has 132 valence electrons. The molecule has 0 heterocycles. The van der Waals surface area contributed by atoms with E-state index < -0.39 is 6.61 Å². The summed E-state index contributed by atoms with van der Waals surface area (Å²) in [4.78, 5) is 4.09. The maximum atomic E-state index is 12.4. The minimum absolute atomic E-state index is 0. The van der Waals surface area contributed by atoms with Crippen LogP contribution in [0.4, 0.5) is 8.78 Å². The number of halogens is 3. The van der Waals surface area contributed by atoms with Crippen molar-refractivity contribution in [3.05, 3.63) is 23.8 Å². The quantitative estimate of drug-likeness (QED) is 0.369. The first-order valence-corrected chi connectivity index (χ1v) is 7.17. The number of methoxy groups -OCH3 is 1. The Kier molecular flexibility index (Phi) is 11.4. The number of rotatable bonds is 8. The van der Waals surface area contributed by atoms with E-state index in [9.17, 15) is 8.78 Å². The van der Waals surface area contributed by atoms with Crippen LogP contribution in [0.1, 0.15) is 18.9 Å². The van der Waals surface area contributed by atoms with Crippen LogP contribution >= 0.6 is 24.0 Å². The Morgan fingerprint density at radius 2 is 1.91 bits per heavy atom. The Hall–Kier alpha value is -1.32. The molecular formula is C15H24F2IN3O2. The Bertz CT molecular complexity index is 488. The molecule has 0 fully saturated rings. The molecule has 0 unspecified atom stereocenters. The highest BCUT2D eigenvalue weighted by molar-refractivity contribution is 14.0. The average molecular weight is 443 g/mol. The first kappa shape index (κ1) is 21.7. The van der Waals surface area contributed by atoms with Crippen LogP contribution in [-0.4, -0.2) is 39.8 Å². The molecule has 0 aromatic heterocycles. The van der Waals surface area contributed by atoms with E-state index in [1.807, 2.05) is 6.07 Å². The van der Waals surface area contributed by atoms with Gasteiger partial charge in [0.25, 0.3) is 0 Å². The monoisotopic (exact) mass is 443 g/mol. The summed E-state index contributed by atoms with van der Waals surface area (Å²) < 4.78 is 34.2. The number of ether oxygens (including phenoxy) is 2. The summed E-state index contributed by atoms with van der Waals surface area (Å²) >= 11 is 0. The largest absolute Gasteiger partial charge is 0.493 e. The summed E-state index contributed by atoms with van der Waals surface area (Å²) in [6, 6.07) is 5.01. The number of alkyl halides is 2. The van der Waals surface area contributed by atoms with Crippen molar-refractivity contribution < 1.29 is 18.3 Å². The van der Waals surface area contributed by atoms with Crippen LogP contribution in [0.5, 0.6) is 11.5 Å². The van der Waals surface area contributed by atoms with Gasteiger partial charge in [-0.05, 0) is 30.5 Å². The van der Waals surface area contributed by atoms with Crippen molar-refractivity contribution in [3.63, 3.8) is 0 Å². The lowest BCUT2D eigenvalue weighted by Gasteiger charge is -2.13. The highest BCUT2D eigenvalue weighted by Crippen LogP contribution is 2.29. The van der Waals surface area contributed by atoms with E-state index in [-0.39, 0.29) is 35.5 Å². The Labute approximate surface area is 152 Å². The SMILES string of the molecule is CCCNC(=NC)NCCc1ccc(OC)c(OC(F)F)c1.I. The van der Waals surface area contributed by atoms with Crippen molar-refractivity contribution in [1.29, 1.82) is 0 Å². The van der Waals surface area contributed by atoms with Crippen LogP contribution in [0.15, 0.2) is 23.2 Å². The van der Waals surface area contributed by atoms with Crippen LogP contribution < -0.4 is 20.1 Å². The molecule has 0 atom stereocenters. The predicted molar refractivity (Wildman–Crippen MR) is 98.4 cm³/mol. The van der Waals surface area contributed by atoms with E-state index in [1.54, 1.807) is 19.2 Å². The number of nitrogens with one attached hydrogen (secondary N) is 2. The number of hydrogen-bond donors (Lipinski definition) is 2. The van der Waals surface area contributed by atoms with Gasteiger partial charge in [-0.15, -0.1) is 24.0 Å². The molecule has 23 heavy (non-hydrogen) atoms. The predicted octanol–water partition coefficient (Wildman–Crippen LogP) is 3.03. The van der Waals surface area contributed by atoms with E-state index in [0.29, 0.717) is 13.0 Å². The van der Waals surface area contributed by atoms with Gasteiger partial charge in [-0.25, -0.2) is 0 Å². The van der Waals surface area contributed by atoms with Gasteiger partial charge in [-0.1, -0.05) is 13.0 Å². The van der Waals surface area contributed by atoms with Gasteiger partial charge >= 0.3 is 6.61 Å². The van der Waals surface area contributed by atoms with E-state index in [2.05, 4.69) is 27.3 Å². The van der Waals surface area contributed by atoms with Gasteiger partial charge < -0.3 is 20.1 Å². The van der Waals surface area contributed by atoms with Gasteiger partial charge in [0.2, 0.25) is 0 Å². The normalized spacial score (nSPS) is 11.0. The first-order chi connectivity index (χ1) is 10.6. The third kappa shape index (κ3) is 8.19. The summed E-state index contributed by atoms with van der Waals surface area (Å²) in [5.41, 5.74) is 0.870. The lowest BCUT2D eigenvalue weighted by atomic mass is 10.1. The third-order valence-electron chi connectivity index (χ3n) is 2.92. The summed E-state index contributed by atoms with van der Waals surface area (Å²) in [7, 11) is 3.12. The Balaban J connectivity index is 0.00000484. The molecule has 0 amide bonds. The van der Waals surface area contributed by atoms with Gasteiger partial charge in [-0.2, -0.15) is 8.78 Å². The zero-order chi connectivity index (χ0) is 16.4. The standard InChI is InChI=1S/C15H23F2N3O2.HI/c1-4-8-19-15(18-2)20-9-7-11-5-6-12(21-3)13(10-11)22-14(16)17;/h5-6,10,14H,4,7-9H2,1-3H3,(H2,18,19,20);1H. The highest BCUT2D eigenvalue weighted by Gasteiger charge is 2.11. The minimum Gasteiger partial charge on any atom is -0.493 e. The van der Waals surface area contributed by atoms with Crippen molar-refractivity contribution in [2.75, 3.05) is 27.2 Å². The van der Waals surface area contributed by atoms with Crippen molar-refractivity contribution in [1.82, 2.24) is 10.6 Å². The maximum Gasteiger partial charge on any atom is 0.387 e. The molecule has 0 aliphatic carbocycles. The van der Waals surface area contributed by atoms with Crippen LogP contribution in [0.25, 0.3) is 0 Å². The summed E-state index contributed by atoms with van der Waals surface area (Å²) in [6.45, 7) is 0.667. The average Bonchev–Trinajstić information content (AvgIpc) is 2.50. The zero-order valence-electron chi connectivity index (χ0n) is 13.6. The van der Waals surface area contributed by atoms with Gasteiger partial charge in [0.1, 0.15) is 0 Å². The minimum atomic E-state index is -2.88. The summed E-state index contributed by atoms with van der Waals surface area (Å²) in [5, 5.41) is 6.32. The molecule has 1 aromatic carbocycles. The Morgan fingerprint density at radius 1 is 1.22 bits per heavy atom. The smallest absolute Gasteiger partial charge is 0.387 e. The highest BCUT2D eigenvalue weighted by atomic mass is 127. The molecule has 2 N–H and O–H groups in total. The molecule has 0 aliphatic heterocycles. The van der Waals surface area contributed by atoms with E-state index in [1.165, 1.54) is 7.11 Å². The van der Waals surface area contributed by atoms with Gasteiger partial charge in [0, 0.05) is 20.1 Å². The first-order valence-electron chi connectivity index (χ1n) is 7.17. The molecule has 1 rings (SSSR count). The molecule has 0 bridgehead atoms. The molecule has 0 saturated carbocycles. The topological polar surface area (TPSA) is 54.9 Å². The van der Waals surface area contributed by atoms with Gasteiger partial charge in [0.05, 0.1) is 7.11 Å². The fourth-order valence-electron chi connectivity index (χ4n) is 1.85. The van der Waals surface area contributed by atoms with Gasteiger partial charge in [0.15, 0.2) is 17.5 Å². The zero-order valence-corrected chi connectivity index (χ0v) is 15.9. The lowest BCUT2D eigenvalue weighted by molar-refractivity contribution is -0.0512. The number of hydrogen-bond acceptors (Lipinski definition) is 3. The maximum absolute atomic E-state index is 12.4.